The van der Waals surface area contributed by atoms with E-state index in [0.717, 1.165) is 0 Å². The Morgan fingerprint density at radius 3 is 1.83 bits per heavy atom. The molecule has 0 spiro atoms. The Morgan fingerprint density at radius 2 is 1.43 bits per heavy atom. The van der Waals surface area contributed by atoms with Crippen LogP contribution in [-0.2, 0) is 13.9 Å². The number of carbonyl (C=O) groups excluding carboxylic acids is 1. The van der Waals surface area contributed by atoms with Crippen molar-refractivity contribution in [2.75, 3.05) is 6.61 Å². The molecule has 122 valence electrons. The van der Waals surface area contributed by atoms with Gasteiger partial charge >= 0.3 is 0 Å². The van der Waals surface area contributed by atoms with Crippen LogP contribution in [0, 0.1) is 0 Å². The number of nitrogens with one attached hydrogen (secondary N) is 1. The van der Waals surface area contributed by atoms with E-state index in [4.69, 9.17) is 4.52 Å². The fraction of sp³-hybridized carbons (Fsp3) is 0.278. The minimum absolute atomic E-state index is 0.146. The quantitative estimate of drug-likeness (QED) is 0.828. The van der Waals surface area contributed by atoms with Crippen LogP contribution in [0.5, 0.6) is 0 Å². The van der Waals surface area contributed by atoms with Crippen LogP contribution in [-0.4, -0.2) is 18.1 Å². The van der Waals surface area contributed by atoms with Gasteiger partial charge in [-0.25, -0.2) is 0 Å². The highest BCUT2D eigenvalue weighted by atomic mass is 31.2. The van der Waals surface area contributed by atoms with E-state index in [1.54, 1.807) is 24.3 Å². The molecule has 0 aliphatic heterocycles. The van der Waals surface area contributed by atoms with Gasteiger partial charge in [0.25, 0.3) is 7.37 Å². The van der Waals surface area contributed by atoms with E-state index in [2.05, 4.69) is 5.32 Å². The van der Waals surface area contributed by atoms with Crippen molar-refractivity contribution in [3.8, 4) is 0 Å². The van der Waals surface area contributed by atoms with Gasteiger partial charge in [-0.1, -0.05) is 36.4 Å². The number of hydrogen-bond acceptors (Lipinski definition) is 3. The van der Waals surface area contributed by atoms with E-state index < -0.39 is 12.9 Å². The molecule has 5 heteroatoms. The Balaban J connectivity index is 2.33. The van der Waals surface area contributed by atoms with Crippen LogP contribution >= 0.6 is 7.37 Å². The maximum Gasteiger partial charge on any atom is 0.261 e. The third kappa shape index (κ3) is 4.54. The zero-order valence-corrected chi connectivity index (χ0v) is 14.5. The van der Waals surface area contributed by atoms with Gasteiger partial charge in [-0.15, -0.1) is 0 Å². The first-order valence-electron chi connectivity index (χ1n) is 7.48. The van der Waals surface area contributed by atoms with Gasteiger partial charge in [-0.3, -0.25) is 9.36 Å². The summed E-state index contributed by atoms with van der Waals surface area (Å²) in [5, 5.41) is 4.10. The first-order valence-corrected chi connectivity index (χ1v) is 9.10. The molecule has 0 aliphatic carbocycles. The van der Waals surface area contributed by atoms with E-state index >= 15 is 0 Å². The molecule has 0 unspecified atom stereocenters. The highest BCUT2D eigenvalue weighted by Gasteiger charge is 2.31. The Kier molecular flexibility index (Phi) is 5.40. The van der Waals surface area contributed by atoms with Gasteiger partial charge < -0.3 is 9.84 Å². The maximum atomic E-state index is 13.6. The second kappa shape index (κ2) is 7.12. The minimum atomic E-state index is -3.22. The van der Waals surface area contributed by atoms with Crippen molar-refractivity contribution in [1.29, 1.82) is 0 Å². The van der Waals surface area contributed by atoms with Gasteiger partial charge in [0.15, 0.2) is 0 Å². The van der Waals surface area contributed by atoms with Crippen LogP contribution in [0.1, 0.15) is 20.8 Å². The lowest BCUT2D eigenvalue weighted by atomic mass is 10.1. The smallest absolute Gasteiger partial charge is 0.261 e. The van der Waals surface area contributed by atoms with Gasteiger partial charge in [-0.2, -0.15) is 0 Å². The molecule has 0 bridgehead atoms. The molecule has 0 saturated carbocycles. The third-order valence-electron chi connectivity index (χ3n) is 3.31. The number of amides is 1. The lowest BCUT2D eigenvalue weighted by Gasteiger charge is -2.28. The summed E-state index contributed by atoms with van der Waals surface area (Å²) in [4.78, 5) is 11.3. The molecular formula is C18H22NO3P. The van der Waals surface area contributed by atoms with E-state index in [0.29, 0.717) is 10.6 Å². The molecule has 4 nitrogen and oxygen atoms in total. The second-order valence-corrected chi connectivity index (χ2v) is 8.46. The van der Waals surface area contributed by atoms with E-state index in [1.807, 2.05) is 50.2 Å². The second-order valence-electron chi connectivity index (χ2n) is 6.06. The van der Waals surface area contributed by atoms with E-state index in [-0.39, 0.29) is 12.5 Å². The summed E-state index contributed by atoms with van der Waals surface area (Å²) in [6, 6.07) is 18.3. The summed E-state index contributed by atoms with van der Waals surface area (Å²) in [7, 11) is -3.22. The predicted molar refractivity (Wildman–Crippen MR) is 93.6 cm³/mol. The zero-order chi connectivity index (χ0) is 16.9. The van der Waals surface area contributed by atoms with Crippen LogP contribution in [0.2, 0.25) is 0 Å². The molecule has 0 radical (unpaired) electrons. The average Bonchev–Trinajstić information content (AvgIpc) is 2.53. The topological polar surface area (TPSA) is 55.4 Å². The average molecular weight is 331 g/mol. The minimum Gasteiger partial charge on any atom is -0.349 e. The highest BCUT2D eigenvalue weighted by molar-refractivity contribution is 7.74. The predicted octanol–water partition coefficient (Wildman–Crippen LogP) is 2.85. The Hall–Kier alpha value is -1.90. The molecule has 0 aromatic heterocycles. The molecule has 0 saturated heterocycles. The van der Waals surface area contributed by atoms with Gasteiger partial charge in [0.05, 0.1) is 12.1 Å². The lowest BCUT2D eigenvalue weighted by Crippen LogP contribution is -2.46. The molecular weight excluding hydrogens is 309 g/mol. The van der Waals surface area contributed by atoms with Crippen molar-refractivity contribution in [2.45, 2.75) is 26.3 Å². The number of hydrogen-bond donors (Lipinski definition) is 1. The summed E-state index contributed by atoms with van der Waals surface area (Å²) in [6.45, 7) is 5.28. The van der Waals surface area contributed by atoms with Crippen LogP contribution in [0.4, 0.5) is 0 Å². The van der Waals surface area contributed by atoms with Crippen LogP contribution < -0.4 is 15.9 Å². The standard InChI is InChI=1S/C18H22NO3P/c1-15(20)19-18(2,3)14-22-23(21,16-10-6-4-7-11-16)17-12-8-5-9-13-17/h4-13H,14H2,1-3H3,(H,19,20). The fourth-order valence-corrected chi connectivity index (χ4v) is 4.54. The van der Waals surface area contributed by atoms with Gasteiger partial charge in [-0.05, 0) is 38.1 Å². The summed E-state index contributed by atoms with van der Waals surface area (Å²) in [5.41, 5.74) is -0.606. The Morgan fingerprint density at radius 1 is 1.00 bits per heavy atom. The summed E-state index contributed by atoms with van der Waals surface area (Å²) in [5.74, 6) is -0.146. The molecule has 0 fully saturated rings. The van der Waals surface area contributed by atoms with Crippen molar-refractivity contribution in [3.63, 3.8) is 0 Å². The molecule has 2 aromatic carbocycles. The molecule has 0 heterocycles. The largest absolute Gasteiger partial charge is 0.349 e. The zero-order valence-electron chi connectivity index (χ0n) is 13.7. The van der Waals surface area contributed by atoms with Crippen molar-refractivity contribution >= 4 is 23.9 Å². The Labute approximate surface area is 137 Å². The van der Waals surface area contributed by atoms with Crippen LogP contribution in [0.3, 0.4) is 0 Å². The van der Waals surface area contributed by atoms with E-state index in [9.17, 15) is 9.36 Å². The molecule has 1 N–H and O–H groups in total. The first kappa shape index (κ1) is 17.5. The first-order chi connectivity index (χ1) is 10.8. The normalized spacial score (nSPS) is 12.0. The van der Waals surface area contributed by atoms with Gasteiger partial charge in [0.1, 0.15) is 0 Å². The van der Waals surface area contributed by atoms with Crippen LogP contribution in [0.25, 0.3) is 0 Å². The highest BCUT2D eigenvalue weighted by Crippen LogP contribution is 2.45. The maximum absolute atomic E-state index is 13.6. The van der Waals surface area contributed by atoms with Crippen molar-refractivity contribution in [3.05, 3.63) is 60.7 Å². The van der Waals surface area contributed by atoms with Gasteiger partial charge in [0.2, 0.25) is 5.91 Å². The Bertz CT molecular complexity index is 655. The SMILES string of the molecule is CC(=O)NC(C)(C)COP(=O)(c1ccccc1)c1ccccc1. The number of benzene rings is 2. The fourth-order valence-electron chi connectivity index (χ4n) is 2.31. The summed E-state index contributed by atoms with van der Waals surface area (Å²) < 4.78 is 19.5. The molecule has 23 heavy (non-hydrogen) atoms. The number of carbonyl (C=O) groups is 1. The lowest BCUT2D eigenvalue weighted by molar-refractivity contribution is -0.120. The molecule has 0 aliphatic rings. The monoisotopic (exact) mass is 331 g/mol. The third-order valence-corrected chi connectivity index (χ3v) is 5.76. The van der Waals surface area contributed by atoms with Crippen LogP contribution in [0.15, 0.2) is 60.7 Å². The van der Waals surface area contributed by atoms with Crippen molar-refractivity contribution in [2.24, 2.45) is 0 Å². The molecule has 2 rings (SSSR count). The number of rotatable bonds is 6. The van der Waals surface area contributed by atoms with E-state index in [1.165, 1.54) is 6.92 Å². The summed E-state index contributed by atoms with van der Waals surface area (Å²) in [6.07, 6.45) is 0. The van der Waals surface area contributed by atoms with Gasteiger partial charge in [0, 0.05) is 17.5 Å². The molecule has 2 aromatic rings. The van der Waals surface area contributed by atoms with Crippen molar-refractivity contribution < 1.29 is 13.9 Å². The molecule has 0 atom stereocenters. The molecule has 1 amide bonds. The van der Waals surface area contributed by atoms with Crippen molar-refractivity contribution in [1.82, 2.24) is 5.32 Å². The summed E-state index contributed by atoms with van der Waals surface area (Å²) >= 11 is 0.